The zero-order chi connectivity index (χ0) is 20.0. The molecule has 142 valence electrons. The number of thioether (sulfide) groups is 1. The number of benzene rings is 1. The highest BCUT2D eigenvalue weighted by Gasteiger charge is 2.44. The van der Waals surface area contributed by atoms with Crippen LogP contribution in [0.1, 0.15) is 18.4 Å². The maximum absolute atomic E-state index is 12.6. The minimum absolute atomic E-state index is 0.111. The van der Waals surface area contributed by atoms with E-state index in [0.717, 1.165) is 11.8 Å². The number of nitrogens with one attached hydrogen (secondary N) is 1. The van der Waals surface area contributed by atoms with Crippen molar-refractivity contribution in [2.24, 2.45) is 11.7 Å². The number of hydrogen-bond donors (Lipinski definition) is 2. The van der Waals surface area contributed by atoms with Crippen molar-refractivity contribution in [2.75, 3.05) is 19.5 Å². The van der Waals surface area contributed by atoms with Crippen LogP contribution in [0.25, 0.3) is 0 Å². The lowest BCUT2D eigenvalue weighted by molar-refractivity contribution is -0.150. The molecule has 2 rings (SSSR count). The van der Waals surface area contributed by atoms with Gasteiger partial charge in [0, 0.05) is 5.92 Å². The molecule has 9 heteroatoms. The number of allylic oxidation sites excluding steroid dienone is 1. The highest BCUT2D eigenvalue weighted by atomic mass is 32.2. The third-order valence-electron chi connectivity index (χ3n) is 3.89. The predicted molar refractivity (Wildman–Crippen MR) is 98.3 cm³/mol. The number of nitriles is 1. The largest absolute Gasteiger partial charge is 0.494 e. The highest BCUT2D eigenvalue weighted by molar-refractivity contribution is 8.03. The fourth-order valence-corrected chi connectivity index (χ4v) is 3.55. The second kappa shape index (κ2) is 9.09. The summed E-state index contributed by atoms with van der Waals surface area (Å²) in [5, 5.41) is 12.4. The van der Waals surface area contributed by atoms with Gasteiger partial charge in [-0.3, -0.25) is 14.4 Å². The summed E-state index contributed by atoms with van der Waals surface area (Å²) in [6.45, 7) is 2.35. The summed E-state index contributed by atoms with van der Waals surface area (Å²) in [4.78, 5) is 35.9. The second-order valence-electron chi connectivity index (χ2n) is 5.58. The van der Waals surface area contributed by atoms with Gasteiger partial charge < -0.3 is 20.5 Å². The SMILES string of the molecule is CCOc1ccc([C@H]2C(C#N)=C(SCC(N)=O)NC(=O)[C@@H]2C(=O)OC)cc1. The Morgan fingerprint density at radius 2 is 2.00 bits per heavy atom. The van der Waals surface area contributed by atoms with E-state index in [9.17, 15) is 19.6 Å². The lowest BCUT2D eigenvalue weighted by Gasteiger charge is -2.30. The molecule has 3 N–H and O–H groups in total. The standard InChI is InChI=1S/C18H19N3O5S/c1-3-26-11-6-4-10(5-7-11)14-12(8-19)17(27-9-13(20)22)21-16(23)15(14)18(24)25-2/h4-7,14-15H,3,9H2,1-2H3,(H2,20,22)(H,21,23)/t14-,15+/m0/s1. The molecule has 0 bridgehead atoms. The van der Waals surface area contributed by atoms with Gasteiger partial charge in [0.2, 0.25) is 11.8 Å². The molecule has 1 aromatic carbocycles. The van der Waals surface area contributed by atoms with Crippen molar-refractivity contribution in [3.05, 3.63) is 40.4 Å². The Morgan fingerprint density at radius 3 is 2.52 bits per heavy atom. The fraction of sp³-hybridized carbons (Fsp3) is 0.333. The van der Waals surface area contributed by atoms with Crippen LogP contribution in [0.5, 0.6) is 5.75 Å². The summed E-state index contributed by atoms with van der Waals surface area (Å²) in [6, 6.07) is 8.83. The van der Waals surface area contributed by atoms with Crippen LogP contribution in [0.2, 0.25) is 0 Å². The van der Waals surface area contributed by atoms with E-state index in [1.807, 2.05) is 13.0 Å². The lowest BCUT2D eigenvalue weighted by atomic mass is 9.78. The van der Waals surface area contributed by atoms with Crippen LogP contribution in [0.4, 0.5) is 0 Å². The van der Waals surface area contributed by atoms with Gasteiger partial charge >= 0.3 is 5.97 Å². The number of amides is 2. The van der Waals surface area contributed by atoms with Gasteiger partial charge in [-0.15, -0.1) is 0 Å². The Bertz CT molecular complexity index is 813. The van der Waals surface area contributed by atoms with Crippen LogP contribution in [-0.4, -0.2) is 37.3 Å². The topological polar surface area (TPSA) is 132 Å². The summed E-state index contributed by atoms with van der Waals surface area (Å²) in [6.07, 6.45) is 0. The smallest absolute Gasteiger partial charge is 0.319 e. The first kappa shape index (κ1) is 20.3. The quantitative estimate of drug-likeness (QED) is 0.526. The van der Waals surface area contributed by atoms with Crippen molar-refractivity contribution in [2.45, 2.75) is 12.8 Å². The minimum Gasteiger partial charge on any atom is -0.494 e. The summed E-state index contributed by atoms with van der Waals surface area (Å²) in [5.74, 6) is -3.50. The Kier molecular flexibility index (Phi) is 6.85. The number of nitrogens with two attached hydrogens (primary N) is 1. The van der Waals surface area contributed by atoms with Crippen molar-refractivity contribution < 1.29 is 23.9 Å². The van der Waals surface area contributed by atoms with E-state index < -0.39 is 29.6 Å². The number of methoxy groups -OCH3 is 1. The van der Waals surface area contributed by atoms with Crippen LogP contribution < -0.4 is 15.8 Å². The molecule has 0 aliphatic carbocycles. The molecule has 27 heavy (non-hydrogen) atoms. The van der Waals surface area contributed by atoms with Crippen molar-refractivity contribution in [3.63, 3.8) is 0 Å². The minimum atomic E-state index is -1.22. The zero-order valence-electron chi connectivity index (χ0n) is 14.9. The molecule has 1 aromatic rings. The molecule has 2 atom stereocenters. The van der Waals surface area contributed by atoms with Crippen LogP contribution in [-0.2, 0) is 19.1 Å². The first-order chi connectivity index (χ1) is 12.9. The van der Waals surface area contributed by atoms with Gasteiger partial charge in [0.15, 0.2) is 0 Å². The summed E-state index contributed by atoms with van der Waals surface area (Å²) in [5.41, 5.74) is 5.90. The molecule has 8 nitrogen and oxygen atoms in total. The summed E-state index contributed by atoms with van der Waals surface area (Å²) < 4.78 is 10.2. The first-order valence-electron chi connectivity index (χ1n) is 8.09. The van der Waals surface area contributed by atoms with E-state index in [-0.39, 0.29) is 16.4 Å². The van der Waals surface area contributed by atoms with Gasteiger partial charge in [0.05, 0.1) is 36.1 Å². The van der Waals surface area contributed by atoms with Gasteiger partial charge in [-0.25, -0.2) is 0 Å². The lowest BCUT2D eigenvalue weighted by Crippen LogP contribution is -2.44. The normalized spacial score (nSPS) is 19.1. The van der Waals surface area contributed by atoms with Gasteiger partial charge in [0.25, 0.3) is 0 Å². The number of primary amides is 1. The van der Waals surface area contributed by atoms with E-state index in [1.165, 1.54) is 7.11 Å². The molecule has 1 heterocycles. The van der Waals surface area contributed by atoms with Crippen molar-refractivity contribution in [1.29, 1.82) is 5.26 Å². The molecule has 0 fully saturated rings. The molecule has 0 saturated heterocycles. The molecular formula is C18H19N3O5S. The monoisotopic (exact) mass is 389 g/mol. The third kappa shape index (κ3) is 4.60. The average Bonchev–Trinajstić information content (AvgIpc) is 2.66. The van der Waals surface area contributed by atoms with Gasteiger partial charge in [-0.05, 0) is 24.6 Å². The Hall–Kier alpha value is -2.99. The number of carbonyl (C=O) groups is 3. The second-order valence-corrected chi connectivity index (χ2v) is 6.56. The maximum Gasteiger partial charge on any atom is 0.319 e. The molecule has 1 aliphatic rings. The Labute approximate surface area is 160 Å². The Morgan fingerprint density at radius 1 is 1.33 bits per heavy atom. The number of esters is 1. The average molecular weight is 389 g/mol. The van der Waals surface area contributed by atoms with Gasteiger partial charge in [-0.1, -0.05) is 23.9 Å². The summed E-state index contributed by atoms with van der Waals surface area (Å²) >= 11 is 0.947. The first-order valence-corrected chi connectivity index (χ1v) is 9.08. The van der Waals surface area contributed by atoms with E-state index in [2.05, 4.69) is 5.32 Å². The van der Waals surface area contributed by atoms with Crippen molar-refractivity contribution >= 4 is 29.5 Å². The molecule has 1 aliphatic heterocycles. The van der Waals surface area contributed by atoms with E-state index >= 15 is 0 Å². The van der Waals surface area contributed by atoms with E-state index in [0.29, 0.717) is 17.9 Å². The molecule has 2 amide bonds. The number of hydrogen-bond acceptors (Lipinski definition) is 7. The predicted octanol–water partition coefficient (Wildman–Crippen LogP) is 1.04. The fourth-order valence-electron chi connectivity index (χ4n) is 2.76. The maximum atomic E-state index is 12.6. The summed E-state index contributed by atoms with van der Waals surface area (Å²) in [7, 11) is 1.18. The number of carbonyl (C=O) groups excluding carboxylic acids is 3. The van der Waals surface area contributed by atoms with Gasteiger partial charge in [-0.2, -0.15) is 5.26 Å². The number of ether oxygens (including phenoxy) is 2. The van der Waals surface area contributed by atoms with Crippen LogP contribution in [0, 0.1) is 17.2 Å². The molecule has 0 saturated carbocycles. The van der Waals surface area contributed by atoms with Crippen molar-refractivity contribution in [1.82, 2.24) is 5.32 Å². The number of nitrogens with zero attached hydrogens (tertiary/aromatic N) is 1. The third-order valence-corrected chi connectivity index (χ3v) is 4.93. The van der Waals surface area contributed by atoms with Crippen LogP contribution in [0.15, 0.2) is 34.9 Å². The van der Waals surface area contributed by atoms with Crippen LogP contribution >= 0.6 is 11.8 Å². The molecular weight excluding hydrogens is 370 g/mol. The highest BCUT2D eigenvalue weighted by Crippen LogP contribution is 2.40. The van der Waals surface area contributed by atoms with E-state index in [1.54, 1.807) is 24.3 Å². The Balaban J connectivity index is 2.53. The number of rotatable bonds is 7. The zero-order valence-corrected chi connectivity index (χ0v) is 15.7. The van der Waals surface area contributed by atoms with Gasteiger partial charge in [0.1, 0.15) is 11.7 Å². The van der Waals surface area contributed by atoms with Crippen molar-refractivity contribution in [3.8, 4) is 11.8 Å². The van der Waals surface area contributed by atoms with E-state index in [4.69, 9.17) is 15.2 Å². The molecule has 0 spiro atoms. The molecule has 0 radical (unpaired) electrons. The van der Waals surface area contributed by atoms with Crippen LogP contribution in [0.3, 0.4) is 0 Å². The molecule has 0 unspecified atom stereocenters. The molecule has 0 aromatic heterocycles.